The molecule has 0 aromatic heterocycles. The van der Waals surface area contributed by atoms with Gasteiger partial charge >= 0.3 is 0 Å². The second-order valence-electron chi connectivity index (χ2n) is 7.43. The number of carbonyl (C=O) groups excluding carboxylic acids is 3. The van der Waals surface area contributed by atoms with Gasteiger partial charge < -0.3 is 30.3 Å². The smallest absolute Gasteiger partial charge is 0.252 e. The Morgan fingerprint density at radius 3 is 2.21 bits per heavy atom. The zero-order valence-electron chi connectivity index (χ0n) is 16.8. The van der Waals surface area contributed by atoms with Crippen LogP contribution in [0.2, 0.25) is 0 Å². The van der Waals surface area contributed by atoms with Gasteiger partial charge in [-0.05, 0) is 36.6 Å². The van der Waals surface area contributed by atoms with E-state index < -0.39 is 48.5 Å². The molecule has 1 aliphatic heterocycles. The molecule has 160 valence electrons. The minimum Gasteiger partial charge on any atom is -0.497 e. The molecule has 3 atom stereocenters. The predicted octanol–water partition coefficient (Wildman–Crippen LogP) is -0.353. The van der Waals surface area contributed by atoms with E-state index in [9.17, 15) is 24.6 Å². The highest BCUT2D eigenvalue weighted by atomic mass is 16.6. The van der Waals surface area contributed by atoms with Crippen molar-refractivity contribution in [2.75, 3.05) is 26.9 Å². The van der Waals surface area contributed by atoms with Crippen LogP contribution in [0.25, 0.3) is 0 Å². The van der Waals surface area contributed by atoms with Crippen LogP contribution in [0.5, 0.6) is 5.75 Å². The summed E-state index contributed by atoms with van der Waals surface area (Å²) >= 11 is 0. The molecule has 1 aliphatic rings. The third-order valence-electron chi connectivity index (χ3n) is 4.69. The minimum absolute atomic E-state index is 0.0835. The summed E-state index contributed by atoms with van der Waals surface area (Å²) in [7, 11) is 1.50. The number of aliphatic hydroxyl groups is 2. The quantitative estimate of drug-likeness (QED) is 0.367. The number of nitrogens with one attached hydrogen (secondary N) is 2. The highest BCUT2D eigenvalue weighted by Crippen LogP contribution is 2.30. The van der Waals surface area contributed by atoms with Crippen LogP contribution in [0.4, 0.5) is 0 Å². The molecular formula is C20H28N2O7. The summed E-state index contributed by atoms with van der Waals surface area (Å²) in [6, 6.07) is 4.12. The molecule has 1 aromatic rings. The number of Topliss-reactive ketones (excluding diaryl/α,β-unsaturated/α-hetero) is 1. The van der Waals surface area contributed by atoms with Gasteiger partial charge in [-0.1, -0.05) is 13.8 Å². The zero-order valence-corrected chi connectivity index (χ0v) is 16.8. The Hall–Kier alpha value is -2.49. The second-order valence-corrected chi connectivity index (χ2v) is 7.43. The highest BCUT2D eigenvalue weighted by molar-refractivity contribution is 6.00. The summed E-state index contributed by atoms with van der Waals surface area (Å²) in [4.78, 5) is 37.7. The summed E-state index contributed by atoms with van der Waals surface area (Å²) in [5, 5.41) is 24.0. The van der Waals surface area contributed by atoms with Crippen molar-refractivity contribution in [2.24, 2.45) is 5.92 Å². The van der Waals surface area contributed by atoms with Crippen LogP contribution in [-0.4, -0.2) is 72.4 Å². The number of aliphatic hydroxyl groups excluding tert-OH is 2. The Morgan fingerprint density at radius 1 is 1.14 bits per heavy atom. The summed E-state index contributed by atoms with van der Waals surface area (Å²) in [5.74, 6) is -0.998. The van der Waals surface area contributed by atoms with Gasteiger partial charge in [0.1, 0.15) is 11.8 Å². The fraction of sp³-hybridized carbons (Fsp3) is 0.550. The monoisotopic (exact) mass is 408 g/mol. The highest BCUT2D eigenvalue weighted by Gasteiger charge is 2.54. The van der Waals surface area contributed by atoms with E-state index in [0.29, 0.717) is 12.2 Å². The van der Waals surface area contributed by atoms with Crippen LogP contribution in [0.15, 0.2) is 24.3 Å². The molecule has 29 heavy (non-hydrogen) atoms. The molecule has 4 N–H and O–H groups in total. The summed E-state index contributed by atoms with van der Waals surface area (Å²) in [5.41, 5.74) is -0.981. The van der Waals surface area contributed by atoms with Crippen molar-refractivity contribution >= 4 is 17.6 Å². The minimum atomic E-state index is -1.27. The molecule has 1 heterocycles. The van der Waals surface area contributed by atoms with Gasteiger partial charge in [-0.25, -0.2) is 0 Å². The van der Waals surface area contributed by atoms with Crippen molar-refractivity contribution in [3.63, 3.8) is 0 Å². The topological polar surface area (TPSA) is 137 Å². The number of methoxy groups -OCH3 is 1. The molecule has 0 saturated carbocycles. The van der Waals surface area contributed by atoms with Gasteiger partial charge in [0.25, 0.3) is 5.91 Å². The maximum absolute atomic E-state index is 12.7. The van der Waals surface area contributed by atoms with Gasteiger partial charge in [0.05, 0.1) is 33.0 Å². The van der Waals surface area contributed by atoms with Crippen molar-refractivity contribution in [2.45, 2.75) is 38.0 Å². The Labute approximate surface area is 169 Å². The summed E-state index contributed by atoms with van der Waals surface area (Å²) in [6.45, 7) is 2.78. The van der Waals surface area contributed by atoms with Gasteiger partial charge in [0, 0.05) is 5.56 Å². The Morgan fingerprint density at radius 2 is 1.76 bits per heavy atom. The molecule has 0 aliphatic carbocycles. The molecule has 1 saturated heterocycles. The summed E-state index contributed by atoms with van der Waals surface area (Å²) < 4.78 is 10.1. The van der Waals surface area contributed by atoms with Gasteiger partial charge in [-0.15, -0.1) is 0 Å². The van der Waals surface area contributed by atoms with E-state index in [4.69, 9.17) is 9.47 Å². The Bertz CT molecular complexity index is 729. The number of hydrogen-bond acceptors (Lipinski definition) is 7. The van der Waals surface area contributed by atoms with Gasteiger partial charge in [0.15, 0.2) is 11.4 Å². The van der Waals surface area contributed by atoms with E-state index in [-0.39, 0.29) is 18.1 Å². The van der Waals surface area contributed by atoms with Crippen LogP contribution in [-0.2, 0) is 14.3 Å². The van der Waals surface area contributed by atoms with Gasteiger partial charge in [0.2, 0.25) is 5.91 Å². The number of rotatable bonds is 11. The first-order chi connectivity index (χ1) is 13.8. The number of carbonyl (C=O) groups is 3. The van der Waals surface area contributed by atoms with Crippen molar-refractivity contribution in [1.29, 1.82) is 0 Å². The van der Waals surface area contributed by atoms with Crippen molar-refractivity contribution in [1.82, 2.24) is 10.6 Å². The van der Waals surface area contributed by atoms with Gasteiger partial charge in [-0.3, -0.25) is 14.4 Å². The lowest BCUT2D eigenvalue weighted by atomic mass is 9.92. The fourth-order valence-electron chi connectivity index (χ4n) is 2.87. The maximum atomic E-state index is 12.7. The van der Waals surface area contributed by atoms with Crippen molar-refractivity contribution in [3.05, 3.63) is 29.8 Å². The molecule has 2 rings (SSSR count). The van der Waals surface area contributed by atoms with E-state index >= 15 is 0 Å². The normalized spacial score (nSPS) is 19.9. The van der Waals surface area contributed by atoms with Crippen LogP contribution in [0.1, 0.15) is 30.6 Å². The van der Waals surface area contributed by atoms with Crippen LogP contribution in [0.3, 0.4) is 0 Å². The van der Waals surface area contributed by atoms with Crippen molar-refractivity contribution in [3.8, 4) is 5.75 Å². The molecule has 1 fully saturated rings. The molecule has 1 unspecified atom stereocenters. The first-order valence-corrected chi connectivity index (χ1v) is 9.41. The molecule has 0 spiro atoms. The molecule has 9 nitrogen and oxygen atoms in total. The first-order valence-electron chi connectivity index (χ1n) is 9.41. The Kier molecular flexibility index (Phi) is 7.72. The Balaban J connectivity index is 2.05. The molecular weight excluding hydrogens is 380 g/mol. The number of hydrogen-bond donors (Lipinski definition) is 4. The zero-order chi connectivity index (χ0) is 21.6. The van der Waals surface area contributed by atoms with Crippen LogP contribution >= 0.6 is 0 Å². The van der Waals surface area contributed by atoms with Crippen LogP contribution in [0, 0.1) is 5.92 Å². The van der Waals surface area contributed by atoms with Crippen LogP contribution < -0.4 is 15.4 Å². The van der Waals surface area contributed by atoms with E-state index in [1.807, 2.05) is 13.8 Å². The molecule has 9 heteroatoms. The average molecular weight is 408 g/mol. The van der Waals surface area contributed by atoms with Crippen molar-refractivity contribution < 1.29 is 34.1 Å². The second kappa shape index (κ2) is 9.82. The third kappa shape index (κ3) is 5.75. The van der Waals surface area contributed by atoms with E-state index in [0.717, 1.165) is 0 Å². The molecule has 1 aromatic carbocycles. The van der Waals surface area contributed by atoms with E-state index in [2.05, 4.69) is 10.6 Å². The molecule has 0 bridgehead atoms. The molecule has 0 radical (unpaired) electrons. The number of benzene rings is 1. The number of amides is 2. The van der Waals surface area contributed by atoms with E-state index in [1.165, 1.54) is 19.2 Å². The summed E-state index contributed by atoms with van der Waals surface area (Å²) in [6.07, 6.45) is 0.334. The third-order valence-corrected chi connectivity index (χ3v) is 4.69. The maximum Gasteiger partial charge on any atom is 0.252 e. The number of epoxide rings is 1. The lowest BCUT2D eigenvalue weighted by Gasteiger charge is -2.24. The fourth-order valence-corrected chi connectivity index (χ4v) is 2.87. The van der Waals surface area contributed by atoms with Gasteiger partial charge in [-0.2, -0.15) is 0 Å². The van der Waals surface area contributed by atoms with E-state index in [1.54, 1.807) is 12.1 Å². The predicted molar refractivity (Wildman–Crippen MR) is 103 cm³/mol. The molecule has 2 amide bonds. The lowest BCUT2D eigenvalue weighted by molar-refractivity contribution is -0.133. The SMILES string of the molecule is COc1ccc(C(=O)N[C@@H](CO)C(=O)N[C@@H](CC(C)C)C(=O)C2(CO)CO2)cc1. The standard InChI is InChI=1S/C20H28N2O7/c1-12(2)8-15(17(25)20(10-24)11-29-20)21-19(27)16(9-23)22-18(26)13-4-6-14(28-3)7-5-13/h4-7,12,15-16,23-24H,8-11H2,1-3H3,(H,21,27)(H,22,26)/t15-,16-,20?/m0/s1. The first kappa shape index (κ1) is 22.8. The lowest BCUT2D eigenvalue weighted by Crippen LogP contribution is -2.55. The largest absolute Gasteiger partial charge is 0.497 e. The average Bonchev–Trinajstić information content (AvgIpc) is 3.51. The number of ketones is 1. The number of ether oxygens (including phenoxy) is 2.